The Balaban J connectivity index is 1.78. The third-order valence-corrected chi connectivity index (χ3v) is 5.47. The molecule has 4 rings (SSSR count). The van der Waals surface area contributed by atoms with Gasteiger partial charge in [0.15, 0.2) is 6.20 Å². The molecule has 1 aliphatic rings. The zero-order valence-corrected chi connectivity index (χ0v) is 17.0. The number of anilines is 2. The van der Waals surface area contributed by atoms with Crippen LogP contribution >= 0.6 is 11.6 Å². The molecule has 1 atom stereocenters. The van der Waals surface area contributed by atoms with E-state index in [9.17, 15) is 9.59 Å². The zero-order valence-electron chi connectivity index (χ0n) is 16.2. The molecule has 6 heteroatoms. The number of nitrogens with zero attached hydrogens (tertiary/aromatic N) is 2. The number of hydrogen-bond donors (Lipinski definition) is 1. The number of amides is 2. The van der Waals surface area contributed by atoms with Crippen molar-refractivity contribution < 1.29 is 14.2 Å². The fourth-order valence-corrected chi connectivity index (χ4v) is 3.67. The van der Waals surface area contributed by atoms with Crippen LogP contribution in [0.2, 0.25) is 5.02 Å². The number of carbonyl (C=O) groups is 2. The van der Waals surface area contributed by atoms with Gasteiger partial charge in [-0.15, -0.1) is 0 Å². The number of hydrogen-bond acceptors (Lipinski definition) is 2. The summed E-state index contributed by atoms with van der Waals surface area (Å²) in [5.41, 5.74) is 4.30. The predicted octanol–water partition coefficient (Wildman–Crippen LogP) is 3.97. The summed E-state index contributed by atoms with van der Waals surface area (Å²) in [5.74, 6) is -0.410. The van der Waals surface area contributed by atoms with Gasteiger partial charge in [0.1, 0.15) is 0 Å². The summed E-state index contributed by atoms with van der Waals surface area (Å²) in [7, 11) is 0. The third kappa shape index (κ3) is 3.74. The fourth-order valence-electron chi connectivity index (χ4n) is 3.54. The maximum atomic E-state index is 13.3. The van der Waals surface area contributed by atoms with Gasteiger partial charge in [-0.2, -0.15) is 4.57 Å². The molecular weight excluding hydrogens is 386 g/mol. The number of rotatable bonds is 3. The largest absolute Gasteiger partial charge is 0.324 e. The van der Waals surface area contributed by atoms with Gasteiger partial charge in [-0.1, -0.05) is 23.7 Å². The number of halogens is 1. The Morgan fingerprint density at radius 2 is 1.83 bits per heavy atom. The molecule has 1 unspecified atom stereocenters. The molecule has 2 amide bonds. The molecule has 0 spiro atoms. The molecule has 1 aliphatic heterocycles. The van der Waals surface area contributed by atoms with Crippen molar-refractivity contribution in [2.75, 3.05) is 10.2 Å². The van der Waals surface area contributed by atoms with Crippen LogP contribution < -0.4 is 14.8 Å². The van der Waals surface area contributed by atoms with Crippen LogP contribution in [-0.4, -0.2) is 11.8 Å². The molecule has 0 saturated heterocycles. The molecular formula is C23H21ClN3O2+. The van der Waals surface area contributed by atoms with Crippen LogP contribution in [0.5, 0.6) is 0 Å². The lowest BCUT2D eigenvalue weighted by molar-refractivity contribution is -0.695. The summed E-state index contributed by atoms with van der Waals surface area (Å²) in [6.07, 6.45) is 1.83. The van der Waals surface area contributed by atoms with Gasteiger partial charge in [-0.25, -0.2) is 0 Å². The molecule has 2 aromatic carbocycles. The Morgan fingerprint density at radius 1 is 1.07 bits per heavy atom. The highest BCUT2D eigenvalue weighted by Gasteiger charge is 2.43. The lowest BCUT2D eigenvalue weighted by Crippen LogP contribution is -2.58. The number of aromatic nitrogens is 1. The molecule has 29 heavy (non-hydrogen) atoms. The molecule has 146 valence electrons. The Kier molecular flexibility index (Phi) is 5.07. The minimum atomic E-state index is -0.782. The van der Waals surface area contributed by atoms with Crippen LogP contribution in [0.25, 0.3) is 0 Å². The highest BCUT2D eigenvalue weighted by molar-refractivity contribution is 6.30. The number of pyridine rings is 1. The quantitative estimate of drug-likeness (QED) is 0.669. The normalized spacial score (nSPS) is 15.8. The first-order valence-corrected chi connectivity index (χ1v) is 9.76. The monoisotopic (exact) mass is 406 g/mol. The highest BCUT2D eigenvalue weighted by Crippen LogP contribution is 2.31. The second-order valence-electron chi connectivity index (χ2n) is 7.18. The van der Waals surface area contributed by atoms with Crippen molar-refractivity contribution in [2.45, 2.75) is 26.4 Å². The zero-order chi connectivity index (χ0) is 20.5. The molecule has 1 aromatic heterocycles. The molecule has 1 N–H and O–H groups in total. The van der Waals surface area contributed by atoms with E-state index in [1.54, 1.807) is 29.2 Å². The summed E-state index contributed by atoms with van der Waals surface area (Å²) < 4.78 is 1.83. The standard InChI is InChI=1S/C23H20ClN3O2/c1-15-6-11-19(13-16(15)2)27-21(28)14-26-12-4-3-5-20(26)22(27)23(29)25-18-9-7-17(24)8-10-18/h3-13,22H,14H2,1-2H3/p+1. The minimum Gasteiger partial charge on any atom is -0.324 e. The summed E-state index contributed by atoms with van der Waals surface area (Å²) in [4.78, 5) is 28.0. The van der Waals surface area contributed by atoms with Crippen LogP contribution in [0.4, 0.5) is 11.4 Å². The van der Waals surface area contributed by atoms with Crippen molar-refractivity contribution in [2.24, 2.45) is 0 Å². The summed E-state index contributed by atoms with van der Waals surface area (Å²) >= 11 is 5.94. The van der Waals surface area contributed by atoms with Crippen molar-refractivity contribution >= 4 is 34.8 Å². The van der Waals surface area contributed by atoms with Crippen LogP contribution in [-0.2, 0) is 16.1 Å². The molecule has 5 nitrogen and oxygen atoms in total. The first-order valence-electron chi connectivity index (χ1n) is 9.38. The number of benzene rings is 2. The average Bonchev–Trinajstić information content (AvgIpc) is 2.71. The highest BCUT2D eigenvalue weighted by atomic mass is 35.5. The van der Waals surface area contributed by atoms with E-state index in [4.69, 9.17) is 11.6 Å². The van der Waals surface area contributed by atoms with E-state index in [0.717, 1.165) is 16.8 Å². The first-order chi connectivity index (χ1) is 13.9. The van der Waals surface area contributed by atoms with Crippen LogP contribution in [0.15, 0.2) is 66.9 Å². The van der Waals surface area contributed by atoms with E-state index >= 15 is 0 Å². The van der Waals surface area contributed by atoms with Gasteiger partial charge in [-0.05, 0) is 61.4 Å². The smallest absolute Gasteiger partial charge is 0.294 e. The number of nitrogens with one attached hydrogen (secondary N) is 1. The molecule has 0 radical (unpaired) electrons. The van der Waals surface area contributed by atoms with E-state index in [1.807, 2.05) is 61.0 Å². The minimum absolute atomic E-state index is 0.131. The molecule has 2 heterocycles. The average molecular weight is 407 g/mol. The SMILES string of the molecule is Cc1ccc(N2C(=O)C[n+]3ccccc3C2C(=O)Nc2ccc(Cl)cc2)cc1C. The van der Waals surface area contributed by atoms with Crippen molar-refractivity contribution in [3.8, 4) is 0 Å². The molecule has 0 fully saturated rings. The predicted molar refractivity (Wildman–Crippen MR) is 113 cm³/mol. The summed E-state index contributed by atoms with van der Waals surface area (Å²) in [6.45, 7) is 4.21. The van der Waals surface area contributed by atoms with Gasteiger partial charge in [0.2, 0.25) is 18.3 Å². The van der Waals surface area contributed by atoms with Crippen molar-refractivity contribution in [3.63, 3.8) is 0 Å². The van der Waals surface area contributed by atoms with Gasteiger partial charge in [0.05, 0.1) is 0 Å². The van der Waals surface area contributed by atoms with Crippen molar-refractivity contribution in [1.29, 1.82) is 0 Å². The van der Waals surface area contributed by atoms with E-state index < -0.39 is 6.04 Å². The Hall–Kier alpha value is -3.18. The second-order valence-corrected chi connectivity index (χ2v) is 7.62. The van der Waals surface area contributed by atoms with Crippen LogP contribution in [0.1, 0.15) is 22.9 Å². The Labute approximate surface area is 174 Å². The fraction of sp³-hybridized carbons (Fsp3) is 0.174. The van der Waals surface area contributed by atoms with Gasteiger partial charge in [-0.3, -0.25) is 14.5 Å². The summed E-state index contributed by atoms with van der Waals surface area (Å²) in [6, 6.07) is 17.6. The number of aryl methyl sites for hydroxylation is 2. The van der Waals surface area contributed by atoms with E-state index in [1.165, 1.54) is 0 Å². The molecule has 0 aliphatic carbocycles. The molecule has 0 bridgehead atoms. The van der Waals surface area contributed by atoms with Crippen molar-refractivity contribution in [1.82, 2.24) is 0 Å². The number of fused-ring (bicyclic) bond motifs is 1. The van der Waals surface area contributed by atoms with Gasteiger partial charge < -0.3 is 5.32 Å². The first kappa shape index (κ1) is 19.2. The van der Waals surface area contributed by atoms with E-state index in [2.05, 4.69) is 5.32 Å². The second kappa shape index (κ2) is 7.68. The topological polar surface area (TPSA) is 53.3 Å². The molecule has 0 saturated carbocycles. The third-order valence-electron chi connectivity index (χ3n) is 5.22. The Morgan fingerprint density at radius 3 is 2.55 bits per heavy atom. The van der Waals surface area contributed by atoms with Crippen molar-refractivity contribution in [3.05, 3.63) is 88.7 Å². The van der Waals surface area contributed by atoms with Crippen LogP contribution in [0, 0.1) is 13.8 Å². The maximum absolute atomic E-state index is 13.3. The summed E-state index contributed by atoms with van der Waals surface area (Å²) in [5, 5.41) is 3.51. The molecule has 3 aromatic rings. The number of carbonyl (C=O) groups excluding carboxylic acids is 2. The van der Waals surface area contributed by atoms with Gasteiger partial charge in [0.25, 0.3) is 11.8 Å². The maximum Gasteiger partial charge on any atom is 0.294 e. The van der Waals surface area contributed by atoms with E-state index in [0.29, 0.717) is 16.4 Å². The van der Waals surface area contributed by atoms with Crippen LogP contribution in [0.3, 0.4) is 0 Å². The van der Waals surface area contributed by atoms with Gasteiger partial charge >= 0.3 is 0 Å². The van der Waals surface area contributed by atoms with Gasteiger partial charge in [0, 0.05) is 28.5 Å². The van der Waals surface area contributed by atoms with E-state index in [-0.39, 0.29) is 18.4 Å². The lowest BCUT2D eigenvalue weighted by Gasteiger charge is -2.32. The lowest BCUT2D eigenvalue weighted by atomic mass is 10.0. The Bertz CT molecular complexity index is 1100.